The first-order chi connectivity index (χ1) is 19.7. The zero-order valence-corrected chi connectivity index (χ0v) is 25.1. The van der Waals surface area contributed by atoms with Crippen molar-refractivity contribution < 1.29 is 31.2 Å². The van der Waals surface area contributed by atoms with Gasteiger partial charge in [-0.3, -0.25) is 14.5 Å². The monoisotopic (exact) mass is 625 g/mol. The third kappa shape index (κ3) is 7.73. The summed E-state index contributed by atoms with van der Waals surface area (Å²) in [4.78, 5) is 29.6. The fourth-order valence-corrected chi connectivity index (χ4v) is 6.39. The Labute approximate surface area is 249 Å². The standard InChI is InChI=1S/C30H35ClF3N3O4S/c1-21(12-17-42(2,40)41)35-28(39)29(32)13-15-37(16-14-29)27(38)25-19-36(18-24(25)23-10-6-7-11-26(23)31)20-30(33,34)22-8-4-3-5-9-22/h3-12,17,21,24-25H,13-16,18-20H2,1-2H3,(H,35,39)/b17-12-/t21-,24+,25+/m1/s1. The lowest BCUT2D eigenvalue weighted by Crippen LogP contribution is -2.54. The Bertz CT molecular complexity index is 1420. The van der Waals surface area contributed by atoms with E-state index in [0.29, 0.717) is 10.6 Å². The minimum Gasteiger partial charge on any atom is -0.347 e. The Morgan fingerprint density at radius 1 is 1.10 bits per heavy atom. The number of alkyl halides is 3. The highest BCUT2D eigenvalue weighted by Gasteiger charge is 2.48. The van der Waals surface area contributed by atoms with Crippen LogP contribution in [0.15, 0.2) is 66.1 Å². The number of carbonyl (C=O) groups is 2. The van der Waals surface area contributed by atoms with Crippen molar-refractivity contribution in [3.63, 3.8) is 0 Å². The van der Waals surface area contributed by atoms with Crippen LogP contribution >= 0.6 is 11.6 Å². The van der Waals surface area contributed by atoms with Crippen molar-refractivity contribution in [1.29, 1.82) is 0 Å². The van der Waals surface area contributed by atoms with Gasteiger partial charge in [0.25, 0.3) is 11.8 Å². The largest absolute Gasteiger partial charge is 0.347 e. The molecule has 2 aromatic carbocycles. The van der Waals surface area contributed by atoms with E-state index in [4.69, 9.17) is 11.6 Å². The van der Waals surface area contributed by atoms with Gasteiger partial charge in [-0.15, -0.1) is 0 Å². The number of likely N-dealkylation sites (tertiary alicyclic amines) is 2. The van der Waals surface area contributed by atoms with E-state index in [1.165, 1.54) is 30.0 Å². The molecule has 0 bridgehead atoms. The van der Waals surface area contributed by atoms with Crippen molar-refractivity contribution in [2.75, 3.05) is 39.0 Å². The molecule has 2 aliphatic rings. The van der Waals surface area contributed by atoms with Crippen LogP contribution in [0.5, 0.6) is 0 Å². The lowest BCUT2D eigenvalue weighted by molar-refractivity contribution is -0.144. The molecule has 1 N–H and O–H groups in total. The number of amides is 2. The van der Waals surface area contributed by atoms with Crippen molar-refractivity contribution in [3.8, 4) is 0 Å². The van der Waals surface area contributed by atoms with Gasteiger partial charge < -0.3 is 10.2 Å². The number of nitrogens with one attached hydrogen (secondary N) is 1. The molecule has 3 atom stereocenters. The topological polar surface area (TPSA) is 86.8 Å². The number of sulfone groups is 1. The van der Waals surface area contributed by atoms with E-state index in [2.05, 4.69) is 5.32 Å². The highest BCUT2D eigenvalue weighted by molar-refractivity contribution is 7.93. The smallest absolute Gasteiger partial charge is 0.285 e. The molecule has 2 aliphatic heterocycles. The molecule has 42 heavy (non-hydrogen) atoms. The van der Waals surface area contributed by atoms with Gasteiger partial charge in [0.05, 0.1) is 12.5 Å². The van der Waals surface area contributed by atoms with Crippen molar-refractivity contribution in [2.45, 2.75) is 43.3 Å². The number of carbonyl (C=O) groups excluding carboxylic acids is 2. The van der Waals surface area contributed by atoms with Gasteiger partial charge in [0.2, 0.25) is 5.91 Å². The van der Waals surface area contributed by atoms with Crippen LogP contribution in [-0.2, 0) is 25.3 Å². The van der Waals surface area contributed by atoms with E-state index in [1.807, 2.05) is 0 Å². The van der Waals surface area contributed by atoms with Gasteiger partial charge in [-0.05, 0) is 18.6 Å². The van der Waals surface area contributed by atoms with E-state index < -0.39 is 51.8 Å². The summed E-state index contributed by atoms with van der Waals surface area (Å²) in [7, 11) is -3.40. The number of hydrogen-bond donors (Lipinski definition) is 1. The molecule has 0 saturated carbocycles. The maximum Gasteiger partial charge on any atom is 0.285 e. The molecule has 0 unspecified atom stereocenters. The molecule has 12 heteroatoms. The summed E-state index contributed by atoms with van der Waals surface area (Å²) in [5.41, 5.74) is -1.65. The number of piperidine rings is 1. The summed E-state index contributed by atoms with van der Waals surface area (Å²) < 4.78 is 68.6. The van der Waals surface area contributed by atoms with E-state index in [9.17, 15) is 18.0 Å². The summed E-state index contributed by atoms with van der Waals surface area (Å²) in [6, 6.07) is 13.8. The molecule has 2 heterocycles. The molecule has 2 fully saturated rings. The van der Waals surface area contributed by atoms with Crippen molar-refractivity contribution in [1.82, 2.24) is 15.1 Å². The Kier molecular flexibility index (Phi) is 9.74. The third-order valence-corrected chi connectivity index (χ3v) is 8.88. The maximum absolute atomic E-state index is 15.6. The van der Waals surface area contributed by atoms with E-state index in [1.54, 1.807) is 47.4 Å². The minimum atomic E-state index is -3.40. The van der Waals surface area contributed by atoms with Gasteiger partial charge in [-0.25, -0.2) is 12.8 Å². The SMILES string of the molecule is C[C@H](/C=C\S(C)(=O)=O)NC(=O)C1(F)CCN(C(=O)[C@H]2CN(CC(F)(F)c3ccccc3)C[C@H]2c2ccccc2Cl)CC1. The highest BCUT2D eigenvalue weighted by Crippen LogP contribution is 2.40. The summed E-state index contributed by atoms with van der Waals surface area (Å²) in [5.74, 6) is -5.43. The Hall–Kier alpha value is -2.89. The van der Waals surface area contributed by atoms with Crippen LogP contribution < -0.4 is 5.32 Å². The van der Waals surface area contributed by atoms with Gasteiger partial charge in [0.1, 0.15) is 0 Å². The molecule has 4 rings (SSSR count). The average molecular weight is 626 g/mol. The van der Waals surface area contributed by atoms with Crippen molar-refractivity contribution in [2.24, 2.45) is 5.92 Å². The molecule has 0 aliphatic carbocycles. The fraction of sp³-hybridized carbons (Fsp3) is 0.467. The Morgan fingerprint density at radius 2 is 1.71 bits per heavy atom. The van der Waals surface area contributed by atoms with Crippen LogP contribution in [0.2, 0.25) is 5.02 Å². The van der Waals surface area contributed by atoms with E-state index >= 15 is 13.2 Å². The van der Waals surface area contributed by atoms with Crippen LogP contribution in [0.25, 0.3) is 0 Å². The summed E-state index contributed by atoms with van der Waals surface area (Å²) in [5, 5.41) is 3.86. The van der Waals surface area contributed by atoms with Crippen LogP contribution in [0.1, 0.15) is 36.8 Å². The molecular formula is C30H35ClF3N3O4S. The maximum atomic E-state index is 15.6. The van der Waals surface area contributed by atoms with E-state index in [0.717, 1.165) is 11.7 Å². The molecule has 2 saturated heterocycles. The lowest BCUT2D eigenvalue weighted by atomic mass is 9.86. The molecule has 2 aromatic rings. The normalized spacial score (nSPS) is 22.3. The summed E-state index contributed by atoms with van der Waals surface area (Å²) in [6.07, 6.45) is 1.78. The van der Waals surface area contributed by atoms with Crippen molar-refractivity contribution >= 4 is 33.3 Å². The first-order valence-corrected chi connectivity index (χ1v) is 16.1. The first-order valence-electron chi connectivity index (χ1n) is 13.8. The molecule has 0 radical (unpaired) electrons. The van der Waals surface area contributed by atoms with Gasteiger partial charge in [-0.1, -0.05) is 66.2 Å². The fourth-order valence-electron chi connectivity index (χ4n) is 5.60. The number of hydrogen-bond acceptors (Lipinski definition) is 5. The van der Waals surface area contributed by atoms with Crippen molar-refractivity contribution in [3.05, 3.63) is 82.2 Å². The first kappa shape index (κ1) is 32.0. The second kappa shape index (κ2) is 12.8. The van der Waals surface area contributed by atoms with Gasteiger partial charge in [0.15, 0.2) is 15.5 Å². The number of rotatable bonds is 9. The molecule has 0 aromatic heterocycles. The van der Waals surface area contributed by atoms with Gasteiger partial charge in [0, 0.05) is 73.2 Å². The molecule has 228 valence electrons. The number of halogens is 4. The van der Waals surface area contributed by atoms with Crippen LogP contribution in [0.3, 0.4) is 0 Å². The second-order valence-electron chi connectivity index (χ2n) is 11.2. The second-order valence-corrected chi connectivity index (χ2v) is 13.5. The van der Waals surface area contributed by atoms with Crippen LogP contribution in [0, 0.1) is 5.92 Å². The zero-order chi connectivity index (χ0) is 30.7. The predicted octanol–water partition coefficient (Wildman–Crippen LogP) is 4.54. The number of nitrogens with zero attached hydrogens (tertiary/aromatic N) is 2. The molecule has 7 nitrogen and oxygen atoms in total. The molecule has 0 spiro atoms. The zero-order valence-electron chi connectivity index (χ0n) is 23.5. The van der Waals surface area contributed by atoms with E-state index in [-0.39, 0.29) is 50.5 Å². The Balaban J connectivity index is 1.46. The average Bonchev–Trinajstić information content (AvgIpc) is 3.35. The summed E-state index contributed by atoms with van der Waals surface area (Å²) in [6.45, 7) is 1.19. The highest BCUT2D eigenvalue weighted by atomic mass is 35.5. The quantitative estimate of drug-likeness (QED) is 0.442. The molecule has 2 amide bonds. The molecular weight excluding hydrogens is 591 g/mol. The predicted molar refractivity (Wildman–Crippen MR) is 156 cm³/mol. The Morgan fingerprint density at radius 3 is 2.33 bits per heavy atom. The van der Waals surface area contributed by atoms with Crippen LogP contribution in [0.4, 0.5) is 13.2 Å². The van der Waals surface area contributed by atoms with Gasteiger partial charge >= 0.3 is 0 Å². The van der Waals surface area contributed by atoms with Gasteiger partial charge in [-0.2, -0.15) is 8.78 Å². The minimum absolute atomic E-state index is 0.0256. The van der Waals surface area contributed by atoms with Crippen LogP contribution in [-0.4, -0.2) is 80.7 Å². The number of benzene rings is 2. The third-order valence-electron chi connectivity index (χ3n) is 7.88. The summed E-state index contributed by atoms with van der Waals surface area (Å²) >= 11 is 6.47. The lowest BCUT2D eigenvalue weighted by Gasteiger charge is -2.37.